The number of amides is 1. The Balaban J connectivity index is 1.31. The SMILES string of the molecule is COC(=O)c1ccc(Cn2cc(/C=N\NC(=O)c3ccc(-n4c(C)ccc4C)cc3)c3ccccc32)o1. The minimum absolute atomic E-state index is 0.158. The molecular weight excluding hydrogens is 468 g/mol. The van der Waals surface area contributed by atoms with Crippen molar-refractivity contribution in [3.05, 3.63) is 113 Å². The van der Waals surface area contributed by atoms with E-state index in [0.29, 0.717) is 17.9 Å². The summed E-state index contributed by atoms with van der Waals surface area (Å²) in [5, 5.41) is 5.17. The number of carbonyl (C=O) groups is 2. The zero-order valence-corrected chi connectivity index (χ0v) is 20.8. The lowest BCUT2D eigenvalue weighted by Gasteiger charge is -2.10. The first-order chi connectivity index (χ1) is 17.9. The monoisotopic (exact) mass is 494 g/mol. The Kier molecular flexibility index (Phi) is 6.47. The summed E-state index contributed by atoms with van der Waals surface area (Å²) >= 11 is 0. The van der Waals surface area contributed by atoms with Gasteiger partial charge in [0.15, 0.2) is 0 Å². The van der Waals surface area contributed by atoms with Gasteiger partial charge in [-0.15, -0.1) is 0 Å². The highest BCUT2D eigenvalue weighted by atomic mass is 16.5. The van der Waals surface area contributed by atoms with Gasteiger partial charge in [0.25, 0.3) is 5.91 Å². The second kappa shape index (κ2) is 10.0. The third-order valence-corrected chi connectivity index (χ3v) is 6.22. The molecule has 5 aromatic rings. The van der Waals surface area contributed by atoms with Crippen molar-refractivity contribution in [2.24, 2.45) is 5.10 Å². The van der Waals surface area contributed by atoms with E-state index in [1.165, 1.54) is 7.11 Å². The lowest BCUT2D eigenvalue weighted by atomic mass is 10.2. The molecule has 0 unspecified atom stereocenters. The molecule has 186 valence electrons. The van der Waals surface area contributed by atoms with Crippen LogP contribution < -0.4 is 5.43 Å². The lowest BCUT2D eigenvalue weighted by molar-refractivity contribution is 0.0562. The number of rotatable bonds is 7. The average Bonchev–Trinajstić information content (AvgIpc) is 3.62. The predicted octanol–water partition coefficient (Wildman–Crippen LogP) is 5.24. The van der Waals surface area contributed by atoms with E-state index in [2.05, 4.69) is 27.2 Å². The van der Waals surface area contributed by atoms with E-state index >= 15 is 0 Å². The van der Waals surface area contributed by atoms with Gasteiger partial charge >= 0.3 is 5.97 Å². The summed E-state index contributed by atoms with van der Waals surface area (Å²) in [7, 11) is 1.31. The number of ether oxygens (including phenoxy) is 1. The van der Waals surface area contributed by atoms with Crippen molar-refractivity contribution in [2.75, 3.05) is 7.11 Å². The molecule has 37 heavy (non-hydrogen) atoms. The Labute approximate surface area is 213 Å². The second-order valence-electron chi connectivity index (χ2n) is 8.68. The summed E-state index contributed by atoms with van der Waals surface area (Å²) in [5.74, 6) is -0.0352. The van der Waals surface area contributed by atoms with Crippen molar-refractivity contribution in [1.29, 1.82) is 0 Å². The van der Waals surface area contributed by atoms with Crippen molar-refractivity contribution >= 4 is 29.0 Å². The van der Waals surface area contributed by atoms with Crippen LogP contribution in [0.3, 0.4) is 0 Å². The zero-order valence-electron chi connectivity index (χ0n) is 20.8. The Hall–Kier alpha value is -4.85. The van der Waals surface area contributed by atoms with Crippen molar-refractivity contribution in [1.82, 2.24) is 14.6 Å². The molecule has 0 aliphatic carbocycles. The number of nitrogens with zero attached hydrogens (tertiary/aromatic N) is 3. The maximum absolute atomic E-state index is 12.7. The van der Waals surface area contributed by atoms with Crippen LogP contribution in [-0.2, 0) is 11.3 Å². The molecule has 1 N–H and O–H groups in total. The van der Waals surface area contributed by atoms with Gasteiger partial charge < -0.3 is 18.3 Å². The summed E-state index contributed by atoms with van der Waals surface area (Å²) in [5.41, 5.74) is 8.21. The van der Waals surface area contributed by atoms with Crippen LogP contribution in [0.25, 0.3) is 16.6 Å². The molecular formula is C29H26N4O4. The average molecular weight is 495 g/mol. The van der Waals surface area contributed by atoms with E-state index < -0.39 is 5.97 Å². The van der Waals surface area contributed by atoms with Crippen LogP contribution in [0.15, 0.2) is 88.5 Å². The third-order valence-electron chi connectivity index (χ3n) is 6.22. The molecule has 0 bridgehead atoms. The molecule has 0 spiro atoms. The first kappa shape index (κ1) is 23.9. The smallest absolute Gasteiger partial charge is 0.373 e. The van der Waals surface area contributed by atoms with Crippen molar-refractivity contribution < 1.29 is 18.7 Å². The van der Waals surface area contributed by atoms with Crippen molar-refractivity contribution in [3.8, 4) is 5.69 Å². The normalized spacial score (nSPS) is 11.3. The molecule has 0 saturated carbocycles. The van der Waals surface area contributed by atoms with Crippen LogP contribution in [0.2, 0.25) is 0 Å². The molecule has 8 heteroatoms. The van der Waals surface area contributed by atoms with Crippen LogP contribution in [0, 0.1) is 13.8 Å². The van der Waals surface area contributed by atoms with Gasteiger partial charge in [0.05, 0.1) is 19.9 Å². The highest BCUT2D eigenvalue weighted by Gasteiger charge is 2.13. The molecule has 0 aliphatic heterocycles. The fourth-order valence-electron chi connectivity index (χ4n) is 4.41. The number of carbonyl (C=O) groups excluding carboxylic acids is 2. The van der Waals surface area contributed by atoms with Crippen LogP contribution >= 0.6 is 0 Å². The fourth-order valence-corrected chi connectivity index (χ4v) is 4.41. The number of hydrogen-bond acceptors (Lipinski definition) is 5. The number of nitrogens with one attached hydrogen (secondary N) is 1. The third kappa shape index (κ3) is 4.81. The zero-order chi connectivity index (χ0) is 25.9. The summed E-state index contributed by atoms with van der Waals surface area (Å²) in [6.07, 6.45) is 3.55. The van der Waals surface area contributed by atoms with Gasteiger partial charge in [0.1, 0.15) is 5.76 Å². The molecule has 5 rings (SSSR count). The topological polar surface area (TPSA) is 90.8 Å². The lowest BCUT2D eigenvalue weighted by Crippen LogP contribution is -2.17. The Morgan fingerprint density at radius 1 is 0.973 bits per heavy atom. The van der Waals surface area contributed by atoms with Gasteiger partial charge in [-0.05, 0) is 68.4 Å². The Morgan fingerprint density at radius 3 is 2.43 bits per heavy atom. The molecule has 3 heterocycles. The van der Waals surface area contributed by atoms with Crippen LogP contribution in [-0.4, -0.2) is 34.3 Å². The maximum atomic E-state index is 12.7. The van der Waals surface area contributed by atoms with Gasteiger partial charge in [-0.25, -0.2) is 10.2 Å². The largest absolute Gasteiger partial charge is 0.463 e. The van der Waals surface area contributed by atoms with E-state index in [-0.39, 0.29) is 11.7 Å². The molecule has 0 atom stereocenters. The van der Waals surface area contributed by atoms with Crippen molar-refractivity contribution in [3.63, 3.8) is 0 Å². The Bertz CT molecular complexity index is 1600. The number of fused-ring (bicyclic) bond motifs is 1. The number of methoxy groups -OCH3 is 1. The van der Waals surface area contributed by atoms with Gasteiger partial charge in [0, 0.05) is 45.3 Å². The van der Waals surface area contributed by atoms with Gasteiger partial charge in [-0.3, -0.25) is 4.79 Å². The van der Waals surface area contributed by atoms with Gasteiger partial charge in [-0.2, -0.15) is 5.10 Å². The summed E-state index contributed by atoms with van der Waals surface area (Å²) in [6, 6.07) is 22.8. The molecule has 0 aliphatic rings. The van der Waals surface area contributed by atoms with Gasteiger partial charge in [-0.1, -0.05) is 18.2 Å². The number of furan rings is 1. The van der Waals surface area contributed by atoms with Crippen molar-refractivity contribution in [2.45, 2.75) is 20.4 Å². The highest BCUT2D eigenvalue weighted by Crippen LogP contribution is 2.22. The number of hydrazone groups is 1. The number of para-hydroxylation sites is 1. The maximum Gasteiger partial charge on any atom is 0.373 e. The van der Waals surface area contributed by atoms with Crippen LogP contribution in [0.5, 0.6) is 0 Å². The minimum Gasteiger partial charge on any atom is -0.463 e. The highest BCUT2D eigenvalue weighted by molar-refractivity contribution is 6.00. The molecule has 8 nitrogen and oxygen atoms in total. The number of esters is 1. The van der Waals surface area contributed by atoms with Crippen LogP contribution in [0.4, 0.5) is 0 Å². The first-order valence-electron chi connectivity index (χ1n) is 11.8. The number of benzene rings is 2. The molecule has 2 aromatic carbocycles. The van der Waals surface area contributed by atoms with E-state index in [4.69, 9.17) is 9.15 Å². The van der Waals surface area contributed by atoms with Crippen LogP contribution in [0.1, 0.15) is 43.6 Å². The van der Waals surface area contributed by atoms with E-state index in [1.54, 1.807) is 30.5 Å². The van der Waals surface area contributed by atoms with Gasteiger partial charge in [0.2, 0.25) is 5.76 Å². The Morgan fingerprint density at radius 2 is 1.70 bits per heavy atom. The number of hydrogen-bond donors (Lipinski definition) is 1. The summed E-state index contributed by atoms with van der Waals surface area (Å²) in [4.78, 5) is 24.4. The molecule has 0 fully saturated rings. The molecule has 0 radical (unpaired) electrons. The first-order valence-corrected chi connectivity index (χ1v) is 11.8. The van der Waals surface area contributed by atoms with E-state index in [9.17, 15) is 9.59 Å². The number of aromatic nitrogens is 2. The fraction of sp³-hybridized carbons (Fsp3) is 0.138. The number of aryl methyl sites for hydroxylation is 2. The summed E-state index contributed by atoms with van der Waals surface area (Å²) < 4.78 is 14.5. The molecule has 0 saturated heterocycles. The second-order valence-corrected chi connectivity index (χ2v) is 8.68. The quantitative estimate of drug-likeness (QED) is 0.190. The summed E-state index contributed by atoms with van der Waals surface area (Å²) in [6.45, 7) is 4.52. The van der Waals surface area contributed by atoms with E-state index in [1.807, 2.05) is 61.0 Å². The minimum atomic E-state index is -0.517. The standard InChI is InChI=1S/C29H26N4O4/c1-19-8-9-20(2)33(19)23-12-10-21(11-13-23)28(34)31-30-16-22-17-32(26-7-5-4-6-25(22)26)18-24-14-15-27(37-24)29(35)36-3/h4-17H,18H2,1-3H3,(H,31,34)/b30-16-. The molecule has 1 amide bonds. The predicted molar refractivity (Wildman–Crippen MR) is 141 cm³/mol. The van der Waals surface area contributed by atoms with E-state index in [0.717, 1.165) is 33.5 Å². The molecule has 3 aromatic heterocycles.